The molecule has 3 aromatic rings. The first-order valence-corrected chi connectivity index (χ1v) is 9.87. The standard InChI is InChI=1S/C22H24N6O4/c1-3-31-22(32-15(2)29,28-13-10-19(27-28)17-8-11-25-12-9-17)21(30)26-14-16-4-6-18(7-5-16)20(23)24/h4-13H,3,14H2,1-2H3,(H3,23,24)(H,26,30). The minimum Gasteiger partial charge on any atom is -0.404 e. The van der Waals surface area contributed by atoms with Crippen LogP contribution in [0.2, 0.25) is 0 Å². The first kappa shape index (κ1) is 22.6. The number of pyridine rings is 1. The monoisotopic (exact) mass is 436 g/mol. The Morgan fingerprint density at radius 1 is 1.16 bits per heavy atom. The van der Waals surface area contributed by atoms with Crippen LogP contribution in [0.15, 0.2) is 61.1 Å². The number of carbonyl (C=O) groups excluding carboxylic acids is 2. The van der Waals surface area contributed by atoms with Crippen LogP contribution < -0.4 is 11.1 Å². The molecule has 0 aliphatic carbocycles. The molecule has 0 aliphatic heterocycles. The van der Waals surface area contributed by atoms with Crippen molar-refractivity contribution in [3.8, 4) is 11.3 Å². The number of amides is 1. The third-order valence-corrected chi connectivity index (χ3v) is 4.49. The topological polar surface area (TPSA) is 145 Å². The van der Waals surface area contributed by atoms with Gasteiger partial charge in [-0.1, -0.05) is 24.3 Å². The predicted octanol–water partition coefficient (Wildman–Crippen LogP) is 1.76. The van der Waals surface area contributed by atoms with Gasteiger partial charge in [0.1, 0.15) is 5.84 Å². The van der Waals surface area contributed by atoms with Gasteiger partial charge in [-0.15, -0.1) is 0 Å². The molecule has 0 bridgehead atoms. The van der Waals surface area contributed by atoms with E-state index in [4.69, 9.17) is 20.6 Å². The number of nitrogens with one attached hydrogen (secondary N) is 2. The number of carbonyl (C=O) groups is 2. The highest BCUT2D eigenvalue weighted by atomic mass is 16.7. The molecule has 0 fully saturated rings. The number of nitrogens with two attached hydrogens (primary N) is 1. The van der Waals surface area contributed by atoms with E-state index in [0.29, 0.717) is 11.3 Å². The second kappa shape index (κ2) is 9.84. The molecule has 2 heterocycles. The lowest BCUT2D eigenvalue weighted by atomic mass is 10.1. The van der Waals surface area contributed by atoms with Crippen LogP contribution in [0.25, 0.3) is 11.3 Å². The number of amidine groups is 1. The Balaban J connectivity index is 1.89. The van der Waals surface area contributed by atoms with Crippen LogP contribution in [0.5, 0.6) is 0 Å². The van der Waals surface area contributed by atoms with Crippen molar-refractivity contribution < 1.29 is 19.1 Å². The second-order valence-electron chi connectivity index (χ2n) is 6.78. The van der Waals surface area contributed by atoms with Crippen molar-refractivity contribution >= 4 is 17.7 Å². The summed E-state index contributed by atoms with van der Waals surface area (Å²) in [6.45, 7) is 3.08. The molecule has 2 aromatic heterocycles. The van der Waals surface area contributed by atoms with E-state index in [1.165, 1.54) is 17.8 Å². The fraction of sp³-hybridized carbons (Fsp3) is 0.227. The molecule has 166 valence electrons. The summed E-state index contributed by atoms with van der Waals surface area (Å²) < 4.78 is 12.2. The van der Waals surface area contributed by atoms with Crippen LogP contribution in [0.3, 0.4) is 0 Å². The van der Waals surface area contributed by atoms with Gasteiger partial charge in [0.2, 0.25) is 0 Å². The largest absolute Gasteiger partial charge is 0.404 e. The maximum Gasteiger partial charge on any atom is 0.400 e. The van der Waals surface area contributed by atoms with E-state index in [2.05, 4.69) is 15.4 Å². The molecule has 0 saturated carbocycles. The van der Waals surface area contributed by atoms with Gasteiger partial charge in [-0.05, 0) is 30.7 Å². The zero-order valence-corrected chi connectivity index (χ0v) is 17.7. The van der Waals surface area contributed by atoms with Crippen LogP contribution in [0.1, 0.15) is 25.0 Å². The number of aromatic nitrogens is 3. The number of nitrogen functional groups attached to an aromatic ring is 1. The van der Waals surface area contributed by atoms with Crippen LogP contribution in [0, 0.1) is 5.41 Å². The van der Waals surface area contributed by atoms with Gasteiger partial charge in [0.05, 0.1) is 12.3 Å². The number of hydrogen-bond donors (Lipinski definition) is 3. The molecule has 1 amide bonds. The van der Waals surface area contributed by atoms with E-state index in [9.17, 15) is 9.59 Å². The van der Waals surface area contributed by atoms with Gasteiger partial charge in [0, 0.05) is 43.2 Å². The molecule has 1 aromatic carbocycles. The van der Waals surface area contributed by atoms with E-state index in [0.717, 1.165) is 11.1 Å². The first-order valence-electron chi connectivity index (χ1n) is 9.87. The average Bonchev–Trinajstić information content (AvgIpc) is 3.28. The summed E-state index contributed by atoms with van der Waals surface area (Å²) in [5.41, 5.74) is 8.13. The lowest BCUT2D eigenvalue weighted by Gasteiger charge is -2.30. The molecule has 0 spiro atoms. The van der Waals surface area contributed by atoms with Crippen LogP contribution >= 0.6 is 0 Å². The lowest BCUT2D eigenvalue weighted by Crippen LogP contribution is -2.53. The Labute approximate surface area is 184 Å². The minimum absolute atomic E-state index is 0.0468. The van der Waals surface area contributed by atoms with Gasteiger partial charge in [0.25, 0.3) is 0 Å². The Hall–Kier alpha value is -4.05. The Morgan fingerprint density at radius 2 is 1.84 bits per heavy atom. The molecular formula is C22H24N6O4. The van der Waals surface area contributed by atoms with E-state index < -0.39 is 17.8 Å². The molecule has 32 heavy (non-hydrogen) atoms. The molecule has 10 nitrogen and oxygen atoms in total. The Bertz CT molecular complexity index is 1100. The second-order valence-corrected chi connectivity index (χ2v) is 6.78. The van der Waals surface area contributed by atoms with Gasteiger partial charge < -0.3 is 20.5 Å². The van der Waals surface area contributed by atoms with E-state index in [1.807, 2.05) is 0 Å². The first-order chi connectivity index (χ1) is 15.4. The normalized spacial score (nSPS) is 12.6. The number of rotatable bonds is 9. The molecule has 3 rings (SSSR count). The maximum atomic E-state index is 13.2. The number of esters is 1. The summed E-state index contributed by atoms with van der Waals surface area (Å²) in [5, 5.41) is 14.6. The number of ether oxygens (including phenoxy) is 2. The summed E-state index contributed by atoms with van der Waals surface area (Å²) in [6, 6.07) is 12.1. The van der Waals surface area contributed by atoms with Crippen molar-refractivity contribution in [1.29, 1.82) is 5.41 Å². The lowest BCUT2D eigenvalue weighted by molar-refractivity contribution is -0.267. The van der Waals surface area contributed by atoms with E-state index in [1.54, 1.807) is 61.8 Å². The third kappa shape index (κ3) is 4.98. The van der Waals surface area contributed by atoms with Crippen molar-refractivity contribution in [3.05, 3.63) is 72.2 Å². The Kier molecular flexibility index (Phi) is 6.96. The van der Waals surface area contributed by atoms with E-state index >= 15 is 0 Å². The van der Waals surface area contributed by atoms with Crippen molar-refractivity contribution in [3.63, 3.8) is 0 Å². The van der Waals surface area contributed by atoms with Gasteiger partial charge in [-0.3, -0.25) is 20.0 Å². The molecule has 10 heteroatoms. The van der Waals surface area contributed by atoms with Gasteiger partial charge in [-0.25, -0.2) is 0 Å². The van der Waals surface area contributed by atoms with Gasteiger partial charge in [-0.2, -0.15) is 9.78 Å². The number of hydrogen-bond acceptors (Lipinski definition) is 7. The van der Waals surface area contributed by atoms with Crippen molar-refractivity contribution in [2.75, 3.05) is 6.61 Å². The zero-order valence-electron chi connectivity index (χ0n) is 17.7. The van der Waals surface area contributed by atoms with Crippen molar-refractivity contribution in [2.24, 2.45) is 5.73 Å². The number of nitrogens with zero attached hydrogens (tertiary/aromatic N) is 3. The molecule has 1 atom stereocenters. The zero-order chi connectivity index (χ0) is 23.1. The summed E-state index contributed by atoms with van der Waals surface area (Å²) in [7, 11) is 0. The predicted molar refractivity (Wildman–Crippen MR) is 116 cm³/mol. The van der Waals surface area contributed by atoms with Crippen LogP contribution in [-0.4, -0.2) is 39.1 Å². The highest BCUT2D eigenvalue weighted by molar-refractivity contribution is 5.94. The van der Waals surface area contributed by atoms with Crippen LogP contribution in [0.4, 0.5) is 0 Å². The minimum atomic E-state index is -2.12. The third-order valence-electron chi connectivity index (χ3n) is 4.49. The van der Waals surface area contributed by atoms with Crippen LogP contribution in [-0.2, 0) is 31.5 Å². The Morgan fingerprint density at radius 3 is 2.44 bits per heavy atom. The average molecular weight is 436 g/mol. The van der Waals surface area contributed by atoms with Gasteiger partial charge >= 0.3 is 17.8 Å². The summed E-state index contributed by atoms with van der Waals surface area (Å²) >= 11 is 0. The highest BCUT2D eigenvalue weighted by Crippen LogP contribution is 2.24. The smallest absolute Gasteiger partial charge is 0.400 e. The quantitative estimate of drug-likeness (QED) is 0.200. The summed E-state index contributed by atoms with van der Waals surface area (Å²) in [5.74, 6) is -3.57. The summed E-state index contributed by atoms with van der Waals surface area (Å²) in [6.07, 6.45) is 4.76. The van der Waals surface area contributed by atoms with E-state index in [-0.39, 0.29) is 19.0 Å². The molecule has 1 unspecified atom stereocenters. The SMILES string of the molecule is CCOC(OC(C)=O)(C(=O)NCc1ccc(C(=N)N)cc1)n1ccc(-c2ccncc2)n1. The van der Waals surface area contributed by atoms with Crippen molar-refractivity contribution in [2.45, 2.75) is 26.3 Å². The highest BCUT2D eigenvalue weighted by Gasteiger charge is 2.46. The fourth-order valence-electron chi connectivity index (χ4n) is 3.01. The fourth-order valence-corrected chi connectivity index (χ4v) is 3.01. The molecule has 0 aliphatic rings. The van der Waals surface area contributed by atoms with Crippen molar-refractivity contribution in [1.82, 2.24) is 20.1 Å². The molecular weight excluding hydrogens is 412 g/mol. The van der Waals surface area contributed by atoms with Gasteiger partial charge in [0.15, 0.2) is 0 Å². The summed E-state index contributed by atoms with van der Waals surface area (Å²) in [4.78, 5) is 29.1. The number of benzene rings is 1. The molecule has 0 saturated heterocycles. The maximum absolute atomic E-state index is 13.2. The molecule has 0 radical (unpaired) electrons. The molecule has 4 N–H and O–H groups in total.